The van der Waals surface area contributed by atoms with Crippen molar-refractivity contribution in [1.29, 1.82) is 0 Å². The summed E-state index contributed by atoms with van der Waals surface area (Å²) in [5.74, 6) is 0.756. The van der Waals surface area contributed by atoms with Crippen molar-refractivity contribution in [2.45, 2.75) is 48.1 Å². The number of thiophene rings is 1. The molecular formula is C16H18N2O3S2. The Morgan fingerprint density at radius 1 is 1.17 bits per heavy atom. The molecule has 0 amide bonds. The molecular weight excluding hydrogens is 332 g/mol. The fraction of sp³-hybridized carbons (Fsp3) is 0.438. The summed E-state index contributed by atoms with van der Waals surface area (Å²) in [4.78, 5) is 4.06. The van der Waals surface area contributed by atoms with Crippen molar-refractivity contribution >= 4 is 21.4 Å². The summed E-state index contributed by atoms with van der Waals surface area (Å²) < 4.78 is 33.9. The van der Waals surface area contributed by atoms with Crippen LogP contribution in [0.4, 0.5) is 0 Å². The van der Waals surface area contributed by atoms with Crippen LogP contribution in [0.15, 0.2) is 46.2 Å². The Hall–Kier alpha value is -1.44. The van der Waals surface area contributed by atoms with E-state index in [0.29, 0.717) is 4.21 Å². The molecule has 0 saturated carbocycles. The lowest BCUT2D eigenvalue weighted by Gasteiger charge is -2.37. The van der Waals surface area contributed by atoms with Gasteiger partial charge in [0, 0.05) is 31.1 Å². The number of sulfonamides is 1. The van der Waals surface area contributed by atoms with Crippen LogP contribution in [0, 0.1) is 0 Å². The number of hydrogen-bond donors (Lipinski definition) is 0. The lowest BCUT2D eigenvalue weighted by molar-refractivity contribution is 0.0954. The minimum Gasteiger partial charge on any atom is -0.489 e. The molecule has 2 atom stereocenters. The van der Waals surface area contributed by atoms with Gasteiger partial charge < -0.3 is 4.74 Å². The minimum atomic E-state index is -3.37. The molecule has 0 spiro atoms. The molecule has 2 aromatic heterocycles. The van der Waals surface area contributed by atoms with Crippen LogP contribution in [0.1, 0.15) is 25.7 Å². The maximum absolute atomic E-state index is 12.9. The monoisotopic (exact) mass is 350 g/mol. The van der Waals surface area contributed by atoms with E-state index in [1.165, 1.54) is 11.3 Å². The van der Waals surface area contributed by atoms with Crippen LogP contribution in [0.3, 0.4) is 0 Å². The Morgan fingerprint density at radius 2 is 1.96 bits per heavy atom. The number of aromatic nitrogens is 1. The number of ether oxygens (including phenoxy) is 1. The number of nitrogens with zero attached hydrogens (tertiary/aromatic N) is 2. The Morgan fingerprint density at radius 3 is 2.57 bits per heavy atom. The van der Waals surface area contributed by atoms with Crippen LogP contribution < -0.4 is 4.74 Å². The van der Waals surface area contributed by atoms with Crippen molar-refractivity contribution in [2.75, 3.05) is 0 Å². The first-order valence-corrected chi connectivity index (χ1v) is 10.1. The summed E-state index contributed by atoms with van der Waals surface area (Å²) in [5, 5.41) is 1.81. The van der Waals surface area contributed by atoms with Crippen molar-refractivity contribution in [1.82, 2.24) is 9.29 Å². The van der Waals surface area contributed by atoms with Gasteiger partial charge in [-0.05, 0) is 36.4 Å². The van der Waals surface area contributed by atoms with Gasteiger partial charge in [-0.25, -0.2) is 8.42 Å². The van der Waals surface area contributed by atoms with E-state index in [4.69, 9.17) is 4.74 Å². The molecule has 2 fully saturated rings. The summed E-state index contributed by atoms with van der Waals surface area (Å²) in [7, 11) is -3.37. The van der Waals surface area contributed by atoms with Gasteiger partial charge in [0.25, 0.3) is 10.0 Å². The van der Waals surface area contributed by atoms with Crippen LogP contribution >= 0.6 is 11.3 Å². The Bertz CT molecular complexity index is 748. The predicted molar refractivity (Wildman–Crippen MR) is 88.0 cm³/mol. The summed E-state index contributed by atoms with van der Waals surface area (Å²) in [6, 6.07) is 7.31. The van der Waals surface area contributed by atoms with Gasteiger partial charge in [-0.1, -0.05) is 6.07 Å². The highest BCUT2D eigenvalue weighted by molar-refractivity contribution is 7.91. The van der Waals surface area contributed by atoms with Crippen molar-refractivity contribution < 1.29 is 13.2 Å². The second kappa shape index (κ2) is 5.89. The molecule has 2 saturated heterocycles. The van der Waals surface area contributed by atoms with E-state index in [2.05, 4.69) is 4.98 Å². The number of piperidine rings is 1. The third-order valence-corrected chi connectivity index (χ3v) is 7.96. The van der Waals surface area contributed by atoms with Gasteiger partial charge in [0.1, 0.15) is 16.1 Å². The van der Waals surface area contributed by atoms with E-state index in [-0.39, 0.29) is 18.2 Å². The molecule has 2 unspecified atom stereocenters. The van der Waals surface area contributed by atoms with Gasteiger partial charge >= 0.3 is 0 Å². The first-order valence-electron chi connectivity index (χ1n) is 7.78. The van der Waals surface area contributed by atoms with Gasteiger partial charge in [-0.3, -0.25) is 4.98 Å². The SMILES string of the molecule is O=S(=O)(c1cccs1)N1C2CCC1CC(Oc1cccnc1)C2. The third kappa shape index (κ3) is 2.77. The van der Waals surface area contributed by atoms with Gasteiger partial charge in [0.05, 0.1) is 6.20 Å². The average molecular weight is 350 g/mol. The number of hydrogen-bond acceptors (Lipinski definition) is 5. The van der Waals surface area contributed by atoms with E-state index in [0.717, 1.165) is 31.4 Å². The van der Waals surface area contributed by atoms with Crippen LogP contribution in [0.5, 0.6) is 5.75 Å². The Labute approximate surface area is 140 Å². The van der Waals surface area contributed by atoms with Crippen molar-refractivity contribution in [3.05, 3.63) is 42.0 Å². The minimum absolute atomic E-state index is 0.0440. The number of rotatable bonds is 4. The molecule has 5 nitrogen and oxygen atoms in total. The third-order valence-electron chi connectivity index (χ3n) is 4.59. The van der Waals surface area contributed by atoms with Gasteiger partial charge in [0.2, 0.25) is 0 Å². The van der Waals surface area contributed by atoms with Crippen LogP contribution in [0.25, 0.3) is 0 Å². The van der Waals surface area contributed by atoms with Crippen molar-refractivity contribution in [3.8, 4) is 5.75 Å². The van der Waals surface area contributed by atoms with Gasteiger partial charge in [0.15, 0.2) is 0 Å². The molecule has 2 aliphatic rings. The average Bonchev–Trinajstić information content (AvgIpc) is 3.16. The Balaban J connectivity index is 1.52. The van der Waals surface area contributed by atoms with Crippen LogP contribution in [-0.4, -0.2) is 35.9 Å². The fourth-order valence-corrected chi connectivity index (χ4v) is 6.68. The molecule has 7 heteroatoms. The molecule has 4 rings (SSSR count). The first kappa shape index (κ1) is 15.1. The smallest absolute Gasteiger partial charge is 0.253 e. The molecule has 0 N–H and O–H groups in total. The van der Waals surface area contributed by atoms with Gasteiger partial charge in [-0.2, -0.15) is 4.31 Å². The van der Waals surface area contributed by atoms with E-state index in [9.17, 15) is 8.42 Å². The maximum Gasteiger partial charge on any atom is 0.253 e. The molecule has 0 radical (unpaired) electrons. The molecule has 2 aromatic rings. The molecule has 2 bridgehead atoms. The largest absolute Gasteiger partial charge is 0.489 e. The number of fused-ring (bicyclic) bond motifs is 2. The highest BCUT2D eigenvalue weighted by Crippen LogP contribution is 2.41. The zero-order chi connectivity index (χ0) is 15.9. The summed E-state index contributed by atoms with van der Waals surface area (Å²) in [6.45, 7) is 0. The predicted octanol–water partition coefficient (Wildman–Crippen LogP) is 2.91. The zero-order valence-corrected chi connectivity index (χ0v) is 14.2. The summed E-state index contributed by atoms with van der Waals surface area (Å²) in [6.07, 6.45) is 6.81. The molecule has 0 aliphatic carbocycles. The lowest BCUT2D eigenvalue weighted by atomic mass is 10.0. The fourth-order valence-electron chi connectivity index (χ4n) is 3.70. The quantitative estimate of drug-likeness (QED) is 0.851. The highest BCUT2D eigenvalue weighted by atomic mass is 32.2. The molecule has 4 heterocycles. The van der Waals surface area contributed by atoms with E-state index < -0.39 is 10.0 Å². The lowest BCUT2D eigenvalue weighted by Crippen LogP contribution is -2.48. The normalized spacial score (nSPS) is 27.9. The first-order chi connectivity index (χ1) is 11.1. The standard InChI is InChI=1S/C16H18N2O3S2/c19-23(20,16-4-2-8-22-16)18-12-5-6-13(18)10-15(9-12)21-14-3-1-7-17-11-14/h1-4,7-8,11-13,15H,5-6,9-10H2. The Kier molecular flexibility index (Phi) is 3.87. The zero-order valence-electron chi connectivity index (χ0n) is 12.5. The second-order valence-electron chi connectivity index (χ2n) is 6.05. The number of pyridine rings is 1. The maximum atomic E-state index is 12.9. The van der Waals surface area contributed by atoms with Gasteiger partial charge in [-0.15, -0.1) is 11.3 Å². The van der Waals surface area contributed by atoms with Crippen molar-refractivity contribution in [3.63, 3.8) is 0 Å². The molecule has 0 aromatic carbocycles. The van der Waals surface area contributed by atoms with Crippen LogP contribution in [0.2, 0.25) is 0 Å². The van der Waals surface area contributed by atoms with Crippen LogP contribution in [-0.2, 0) is 10.0 Å². The molecule has 2 aliphatic heterocycles. The van der Waals surface area contributed by atoms with E-state index in [1.807, 2.05) is 17.5 Å². The summed E-state index contributed by atoms with van der Waals surface area (Å²) >= 11 is 1.29. The van der Waals surface area contributed by atoms with Crippen molar-refractivity contribution in [2.24, 2.45) is 0 Å². The van der Waals surface area contributed by atoms with E-state index >= 15 is 0 Å². The second-order valence-corrected chi connectivity index (χ2v) is 9.07. The topological polar surface area (TPSA) is 59.5 Å². The summed E-state index contributed by atoms with van der Waals surface area (Å²) in [5.41, 5.74) is 0. The molecule has 122 valence electrons. The highest BCUT2D eigenvalue weighted by Gasteiger charge is 2.48. The van der Waals surface area contributed by atoms with E-state index in [1.54, 1.807) is 28.8 Å². The molecule has 23 heavy (non-hydrogen) atoms.